The monoisotopic (exact) mass is 435 g/mol. The zero-order chi connectivity index (χ0) is 21.1. The van der Waals surface area contributed by atoms with Crippen LogP contribution in [0.25, 0.3) is 5.76 Å². The second kappa shape index (κ2) is 8.86. The number of ether oxygens (including phenoxy) is 2. The summed E-state index contributed by atoms with van der Waals surface area (Å²) in [6.07, 6.45) is 0. The Balaban J connectivity index is 2.15. The van der Waals surface area contributed by atoms with E-state index in [2.05, 4.69) is 0 Å². The highest BCUT2D eigenvalue weighted by molar-refractivity contribution is 6.46. The van der Waals surface area contributed by atoms with E-state index in [-0.39, 0.29) is 29.5 Å². The zero-order valence-corrected chi connectivity index (χ0v) is 17.3. The van der Waals surface area contributed by atoms with Crippen molar-refractivity contribution in [3.05, 3.63) is 69.2 Å². The van der Waals surface area contributed by atoms with E-state index < -0.39 is 17.7 Å². The first-order valence-electron chi connectivity index (χ1n) is 8.75. The molecule has 1 saturated heterocycles. The number of halogens is 2. The molecule has 8 heteroatoms. The highest BCUT2D eigenvalue weighted by Crippen LogP contribution is 2.40. The van der Waals surface area contributed by atoms with Crippen molar-refractivity contribution >= 4 is 40.7 Å². The molecule has 1 aliphatic heterocycles. The Morgan fingerprint density at radius 2 is 1.76 bits per heavy atom. The molecule has 1 heterocycles. The molecule has 2 aromatic carbocycles. The molecule has 1 unspecified atom stereocenters. The van der Waals surface area contributed by atoms with Gasteiger partial charge in [-0.2, -0.15) is 0 Å². The van der Waals surface area contributed by atoms with E-state index in [9.17, 15) is 14.7 Å². The van der Waals surface area contributed by atoms with Crippen molar-refractivity contribution in [1.29, 1.82) is 0 Å². The smallest absolute Gasteiger partial charge is 0.295 e. The second-order valence-corrected chi connectivity index (χ2v) is 7.20. The van der Waals surface area contributed by atoms with Crippen LogP contribution in [-0.4, -0.2) is 49.1 Å². The molecule has 0 aliphatic carbocycles. The molecule has 0 bridgehead atoms. The average molecular weight is 436 g/mol. The topological polar surface area (TPSA) is 76.1 Å². The molecule has 152 valence electrons. The van der Waals surface area contributed by atoms with Crippen LogP contribution in [0.4, 0.5) is 0 Å². The van der Waals surface area contributed by atoms with Gasteiger partial charge in [-0.05, 0) is 42.0 Å². The molecule has 6 nitrogen and oxygen atoms in total. The van der Waals surface area contributed by atoms with E-state index in [1.807, 2.05) is 0 Å². The number of carbonyl (C=O) groups excluding carboxylic acids is 2. The van der Waals surface area contributed by atoms with Gasteiger partial charge in [0.2, 0.25) is 0 Å². The van der Waals surface area contributed by atoms with Crippen molar-refractivity contribution in [2.24, 2.45) is 0 Å². The fourth-order valence-electron chi connectivity index (χ4n) is 3.23. The molecule has 29 heavy (non-hydrogen) atoms. The van der Waals surface area contributed by atoms with Crippen LogP contribution < -0.4 is 4.74 Å². The third-order valence-corrected chi connectivity index (χ3v) is 5.44. The van der Waals surface area contributed by atoms with Gasteiger partial charge in [-0.25, -0.2) is 0 Å². The number of methoxy groups -OCH3 is 2. The molecule has 0 radical (unpaired) electrons. The predicted molar refractivity (Wildman–Crippen MR) is 110 cm³/mol. The maximum Gasteiger partial charge on any atom is 0.295 e. The van der Waals surface area contributed by atoms with Crippen LogP contribution in [0.15, 0.2) is 48.0 Å². The van der Waals surface area contributed by atoms with Gasteiger partial charge in [0.1, 0.15) is 11.5 Å². The maximum absolute atomic E-state index is 12.8. The summed E-state index contributed by atoms with van der Waals surface area (Å²) in [5.41, 5.74) is 0.931. The number of carbonyl (C=O) groups is 2. The third-order valence-electron chi connectivity index (χ3n) is 4.70. The molecule has 0 spiro atoms. The lowest BCUT2D eigenvalue weighted by Crippen LogP contribution is -2.32. The Labute approximate surface area is 178 Å². The number of nitrogens with zero attached hydrogens (tertiary/aromatic N) is 1. The number of hydrogen-bond donors (Lipinski definition) is 1. The number of aliphatic hydroxyl groups excluding tert-OH is 1. The Morgan fingerprint density at radius 1 is 1.07 bits per heavy atom. The summed E-state index contributed by atoms with van der Waals surface area (Å²) >= 11 is 12.2. The van der Waals surface area contributed by atoms with Gasteiger partial charge in [-0.3, -0.25) is 9.59 Å². The lowest BCUT2D eigenvalue weighted by molar-refractivity contribution is -0.140. The lowest BCUT2D eigenvalue weighted by atomic mass is 9.95. The minimum atomic E-state index is -0.818. The van der Waals surface area contributed by atoms with Crippen LogP contribution in [0.3, 0.4) is 0 Å². The molecule has 1 aliphatic rings. The normalized spacial score (nSPS) is 18.3. The van der Waals surface area contributed by atoms with Gasteiger partial charge in [0.25, 0.3) is 11.7 Å². The Kier molecular flexibility index (Phi) is 6.47. The van der Waals surface area contributed by atoms with E-state index in [0.29, 0.717) is 21.9 Å². The molecule has 0 saturated carbocycles. The summed E-state index contributed by atoms with van der Waals surface area (Å²) < 4.78 is 10.2. The molecular formula is C21H19Cl2NO5. The number of rotatable bonds is 6. The second-order valence-electron chi connectivity index (χ2n) is 6.39. The number of aliphatic hydroxyl groups is 1. The third kappa shape index (κ3) is 4.10. The maximum atomic E-state index is 12.8. The van der Waals surface area contributed by atoms with Gasteiger partial charge < -0.3 is 19.5 Å². The molecule has 0 aromatic heterocycles. The molecule has 2 aromatic rings. The largest absolute Gasteiger partial charge is 0.507 e. The fraction of sp³-hybridized carbons (Fsp3) is 0.238. The number of likely N-dealkylation sites (tertiary alicyclic amines) is 1. The van der Waals surface area contributed by atoms with Crippen molar-refractivity contribution in [2.75, 3.05) is 27.4 Å². The lowest BCUT2D eigenvalue weighted by Gasteiger charge is -2.25. The minimum Gasteiger partial charge on any atom is -0.507 e. The van der Waals surface area contributed by atoms with E-state index in [1.54, 1.807) is 42.5 Å². The minimum absolute atomic E-state index is 0.0188. The van der Waals surface area contributed by atoms with Crippen molar-refractivity contribution in [3.63, 3.8) is 0 Å². The Bertz CT molecular complexity index is 972. The van der Waals surface area contributed by atoms with Crippen LogP contribution in [0, 0.1) is 0 Å². The highest BCUT2D eigenvalue weighted by Gasteiger charge is 2.46. The number of amides is 1. The molecule has 1 N–H and O–H groups in total. The number of hydrogen-bond acceptors (Lipinski definition) is 5. The summed E-state index contributed by atoms with van der Waals surface area (Å²) in [7, 11) is 3.03. The van der Waals surface area contributed by atoms with Crippen LogP contribution >= 0.6 is 23.2 Å². The summed E-state index contributed by atoms with van der Waals surface area (Å²) in [5.74, 6) is -1.16. The number of ketones is 1. The van der Waals surface area contributed by atoms with Crippen LogP contribution in [-0.2, 0) is 14.3 Å². The van der Waals surface area contributed by atoms with Gasteiger partial charge in [-0.1, -0.05) is 29.3 Å². The fourth-order valence-corrected chi connectivity index (χ4v) is 3.54. The first-order chi connectivity index (χ1) is 13.9. The SMILES string of the molecule is COCCN1C(=O)C(=O)/C(=C(\O)c2ccc(OC)cc2)C1c1ccc(Cl)c(Cl)c1. The number of Topliss-reactive ketones (excluding diaryl/α,β-unsaturated/α-hetero) is 1. The predicted octanol–water partition coefficient (Wildman–Crippen LogP) is 4.07. The van der Waals surface area contributed by atoms with Gasteiger partial charge in [0.15, 0.2) is 0 Å². The first kappa shape index (κ1) is 21.2. The number of benzene rings is 2. The van der Waals surface area contributed by atoms with Crippen LogP contribution in [0.1, 0.15) is 17.2 Å². The highest BCUT2D eigenvalue weighted by atomic mass is 35.5. The Morgan fingerprint density at radius 3 is 2.34 bits per heavy atom. The quantitative estimate of drug-likeness (QED) is 0.420. The van der Waals surface area contributed by atoms with Crippen LogP contribution in [0.2, 0.25) is 10.0 Å². The molecule has 1 atom stereocenters. The summed E-state index contributed by atoms with van der Waals surface area (Å²) in [4.78, 5) is 26.9. The Hall–Kier alpha value is -2.54. The van der Waals surface area contributed by atoms with E-state index in [0.717, 1.165) is 0 Å². The molecular weight excluding hydrogens is 417 g/mol. The summed E-state index contributed by atoms with van der Waals surface area (Å²) in [6, 6.07) is 10.6. The van der Waals surface area contributed by atoms with Crippen molar-refractivity contribution in [3.8, 4) is 5.75 Å². The van der Waals surface area contributed by atoms with Gasteiger partial charge in [-0.15, -0.1) is 0 Å². The van der Waals surface area contributed by atoms with Crippen molar-refractivity contribution in [2.45, 2.75) is 6.04 Å². The average Bonchev–Trinajstić information content (AvgIpc) is 2.98. The van der Waals surface area contributed by atoms with E-state index in [4.69, 9.17) is 32.7 Å². The zero-order valence-electron chi connectivity index (χ0n) is 15.8. The van der Waals surface area contributed by atoms with E-state index in [1.165, 1.54) is 19.1 Å². The molecule has 1 amide bonds. The van der Waals surface area contributed by atoms with Gasteiger partial charge in [0.05, 0.1) is 35.4 Å². The first-order valence-corrected chi connectivity index (χ1v) is 9.51. The van der Waals surface area contributed by atoms with Crippen molar-refractivity contribution in [1.82, 2.24) is 4.90 Å². The summed E-state index contributed by atoms with van der Waals surface area (Å²) in [5, 5.41) is 11.5. The standard InChI is InChI=1S/C21H19Cl2NO5/c1-28-10-9-24-18(13-5-8-15(22)16(23)11-13)17(20(26)21(24)27)19(25)12-3-6-14(29-2)7-4-12/h3-8,11,18,25H,9-10H2,1-2H3/b19-17-. The van der Waals surface area contributed by atoms with Crippen LogP contribution in [0.5, 0.6) is 5.75 Å². The molecule has 3 rings (SSSR count). The van der Waals surface area contributed by atoms with E-state index >= 15 is 0 Å². The van der Waals surface area contributed by atoms with Gasteiger partial charge in [0, 0.05) is 19.2 Å². The summed E-state index contributed by atoms with van der Waals surface area (Å²) in [6.45, 7) is 0.402. The van der Waals surface area contributed by atoms with Crippen molar-refractivity contribution < 1.29 is 24.2 Å². The van der Waals surface area contributed by atoms with Gasteiger partial charge >= 0.3 is 0 Å². The molecule has 1 fully saturated rings.